The second-order valence-corrected chi connectivity index (χ2v) is 6.27. The molecule has 0 fully saturated rings. The molecular weight excluding hydrogens is 367 g/mol. The Bertz CT molecular complexity index is 731. The molecule has 28 heavy (non-hydrogen) atoms. The molecule has 0 atom stereocenters. The van der Waals surface area contributed by atoms with Crippen molar-refractivity contribution in [2.45, 2.75) is 0 Å². The molecule has 4 aromatic rings. The first-order valence-corrected chi connectivity index (χ1v) is 9.94. The predicted molar refractivity (Wildman–Crippen MR) is 117 cm³/mol. The van der Waals surface area contributed by atoms with Crippen molar-refractivity contribution in [1.82, 2.24) is 0 Å². The first-order chi connectivity index (χ1) is 13.7. The van der Waals surface area contributed by atoms with Crippen LogP contribution in [0.15, 0.2) is 121 Å². The zero-order valence-electron chi connectivity index (χ0n) is 15.3. The number of hydrogen-bond acceptors (Lipinski definition) is 3. The lowest BCUT2D eigenvalue weighted by Crippen LogP contribution is -1.73. The summed E-state index contributed by atoms with van der Waals surface area (Å²) in [4.78, 5) is 21.7. The molecule has 0 unspecified atom stereocenters. The molecule has 0 bridgehead atoms. The summed E-state index contributed by atoms with van der Waals surface area (Å²) in [5.74, 6) is 0. The van der Waals surface area contributed by atoms with Gasteiger partial charge >= 0.3 is 8.60 Å². The van der Waals surface area contributed by atoms with Crippen LogP contribution in [-0.2, 0) is 0 Å². The molecule has 0 amide bonds. The summed E-state index contributed by atoms with van der Waals surface area (Å²) < 4.78 is 0. The summed E-state index contributed by atoms with van der Waals surface area (Å²) in [6.45, 7) is 0. The standard InChI is InChI=1S/2C12H10.H3O3P/c2*1-3-7-11(8-4-1)12-9-5-2-6-10-12;1-4(2)3/h2*1-10H;1-3H. The van der Waals surface area contributed by atoms with Gasteiger partial charge in [-0.3, -0.25) is 0 Å². The molecule has 4 rings (SSSR count). The van der Waals surface area contributed by atoms with Gasteiger partial charge in [-0.05, 0) is 22.3 Å². The Morgan fingerprint density at radius 2 is 0.464 bits per heavy atom. The van der Waals surface area contributed by atoms with Gasteiger partial charge in [0.2, 0.25) is 0 Å². The monoisotopic (exact) mass is 390 g/mol. The summed E-state index contributed by atoms with van der Waals surface area (Å²) in [5.41, 5.74) is 5.10. The summed E-state index contributed by atoms with van der Waals surface area (Å²) in [6, 6.07) is 41.6. The molecule has 142 valence electrons. The minimum absolute atomic E-state index is 1.28. The summed E-state index contributed by atoms with van der Waals surface area (Å²) >= 11 is 0. The van der Waals surface area contributed by atoms with Gasteiger partial charge in [-0.2, -0.15) is 0 Å². The third kappa shape index (κ3) is 8.26. The third-order valence-corrected chi connectivity index (χ3v) is 3.76. The molecule has 0 spiro atoms. The van der Waals surface area contributed by atoms with Gasteiger partial charge < -0.3 is 14.7 Å². The predicted octanol–water partition coefficient (Wildman–Crippen LogP) is 5.90. The highest BCUT2D eigenvalue weighted by molar-refractivity contribution is 7.38. The van der Waals surface area contributed by atoms with E-state index in [2.05, 4.69) is 97.1 Å². The van der Waals surface area contributed by atoms with Gasteiger partial charge in [-0.15, -0.1) is 0 Å². The molecule has 0 heterocycles. The van der Waals surface area contributed by atoms with Crippen LogP contribution in [0.1, 0.15) is 0 Å². The van der Waals surface area contributed by atoms with Gasteiger partial charge in [-0.25, -0.2) is 0 Å². The Labute approximate surface area is 167 Å². The fourth-order valence-electron chi connectivity index (χ4n) is 2.52. The fourth-order valence-corrected chi connectivity index (χ4v) is 2.52. The van der Waals surface area contributed by atoms with E-state index in [1.165, 1.54) is 22.3 Å². The highest BCUT2D eigenvalue weighted by Gasteiger charge is 1.92. The molecule has 0 aliphatic heterocycles. The number of rotatable bonds is 2. The van der Waals surface area contributed by atoms with E-state index >= 15 is 0 Å². The summed E-state index contributed by atoms with van der Waals surface area (Å²) in [5, 5.41) is 0. The van der Waals surface area contributed by atoms with Gasteiger partial charge in [0.25, 0.3) is 0 Å². The molecular formula is C24H23O3P. The van der Waals surface area contributed by atoms with Crippen molar-refractivity contribution in [1.29, 1.82) is 0 Å². The second-order valence-electron chi connectivity index (χ2n) is 5.73. The molecule has 0 aromatic heterocycles. The SMILES string of the molecule is OP(O)O.c1ccc(-c2ccccc2)cc1.c1ccc(-c2ccccc2)cc1. The molecule has 3 N–H and O–H groups in total. The first-order valence-electron chi connectivity index (χ1n) is 8.74. The minimum Gasteiger partial charge on any atom is -0.328 e. The minimum atomic E-state index is -2.62. The average Bonchev–Trinajstić information content (AvgIpc) is 2.76. The largest absolute Gasteiger partial charge is 0.328 e. The molecule has 0 aliphatic rings. The van der Waals surface area contributed by atoms with E-state index in [4.69, 9.17) is 14.7 Å². The fraction of sp³-hybridized carbons (Fsp3) is 0. The molecule has 0 radical (unpaired) electrons. The van der Waals surface area contributed by atoms with E-state index in [1.54, 1.807) is 0 Å². The topological polar surface area (TPSA) is 60.7 Å². The maximum absolute atomic E-state index is 7.23. The maximum atomic E-state index is 7.23. The molecule has 0 saturated heterocycles. The Kier molecular flexibility index (Phi) is 9.64. The highest BCUT2D eigenvalue weighted by Crippen LogP contribution is 2.18. The Morgan fingerprint density at radius 1 is 0.321 bits per heavy atom. The quantitative estimate of drug-likeness (QED) is 0.374. The number of benzene rings is 4. The first kappa shape index (κ1) is 21.5. The number of hydrogen-bond donors (Lipinski definition) is 3. The van der Waals surface area contributed by atoms with Gasteiger partial charge in [-0.1, -0.05) is 121 Å². The van der Waals surface area contributed by atoms with Crippen molar-refractivity contribution >= 4 is 8.60 Å². The van der Waals surface area contributed by atoms with Crippen molar-refractivity contribution < 1.29 is 14.7 Å². The van der Waals surface area contributed by atoms with E-state index in [1.807, 2.05) is 24.3 Å². The zero-order valence-corrected chi connectivity index (χ0v) is 16.2. The maximum Gasteiger partial charge on any atom is 0.324 e. The van der Waals surface area contributed by atoms with E-state index in [-0.39, 0.29) is 0 Å². The highest BCUT2D eigenvalue weighted by atomic mass is 31.2. The Balaban J connectivity index is 0.000000169. The summed E-state index contributed by atoms with van der Waals surface area (Å²) in [6.07, 6.45) is 0. The third-order valence-electron chi connectivity index (χ3n) is 3.76. The Hall–Kier alpha value is -2.81. The van der Waals surface area contributed by atoms with Crippen LogP contribution in [0, 0.1) is 0 Å². The van der Waals surface area contributed by atoms with Gasteiger partial charge in [0.1, 0.15) is 0 Å². The van der Waals surface area contributed by atoms with E-state index in [0.717, 1.165) is 0 Å². The van der Waals surface area contributed by atoms with Crippen molar-refractivity contribution in [2.75, 3.05) is 0 Å². The van der Waals surface area contributed by atoms with Crippen LogP contribution in [0.5, 0.6) is 0 Å². The average molecular weight is 390 g/mol. The lowest BCUT2D eigenvalue weighted by molar-refractivity contribution is 0.368. The van der Waals surface area contributed by atoms with Crippen molar-refractivity contribution in [3.05, 3.63) is 121 Å². The second kappa shape index (κ2) is 12.6. The van der Waals surface area contributed by atoms with Crippen molar-refractivity contribution in [3.8, 4) is 22.3 Å². The van der Waals surface area contributed by atoms with E-state index < -0.39 is 8.60 Å². The smallest absolute Gasteiger partial charge is 0.324 e. The molecule has 4 aromatic carbocycles. The van der Waals surface area contributed by atoms with Crippen LogP contribution in [0.2, 0.25) is 0 Å². The molecule has 0 saturated carbocycles. The lowest BCUT2D eigenvalue weighted by Gasteiger charge is -1.98. The van der Waals surface area contributed by atoms with Gasteiger partial charge in [0.05, 0.1) is 0 Å². The van der Waals surface area contributed by atoms with Crippen LogP contribution in [0.25, 0.3) is 22.3 Å². The lowest BCUT2D eigenvalue weighted by atomic mass is 10.1. The van der Waals surface area contributed by atoms with Crippen LogP contribution < -0.4 is 0 Å². The van der Waals surface area contributed by atoms with Crippen LogP contribution in [-0.4, -0.2) is 14.7 Å². The summed E-state index contributed by atoms with van der Waals surface area (Å²) in [7, 11) is -2.62. The van der Waals surface area contributed by atoms with Crippen molar-refractivity contribution in [3.63, 3.8) is 0 Å². The van der Waals surface area contributed by atoms with E-state index in [0.29, 0.717) is 0 Å². The molecule has 3 nitrogen and oxygen atoms in total. The molecule has 4 heteroatoms. The van der Waals surface area contributed by atoms with Gasteiger partial charge in [0, 0.05) is 0 Å². The van der Waals surface area contributed by atoms with Crippen molar-refractivity contribution in [2.24, 2.45) is 0 Å². The van der Waals surface area contributed by atoms with Gasteiger partial charge in [0.15, 0.2) is 0 Å². The van der Waals surface area contributed by atoms with E-state index in [9.17, 15) is 0 Å². The van der Waals surface area contributed by atoms with Crippen LogP contribution in [0.3, 0.4) is 0 Å². The van der Waals surface area contributed by atoms with Crippen LogP contribution in [0.4, 0.5) is 0 Å². The van der Waals surface area contributed by atoms with Crippen LogP contribution >= 0.6 is 8.60 Å². The normalized spacial score (nSPS) is 9.57. The zero-order chi connectivity index (χ0) is 20.0. The molecule has 0 aliphatic carbocycles. The Morgan fingerprint density at radius 3 is 0.607 bits per heavy atom.